The van der Waals surface area contributed by atoms with Gasteiger partial charge in [0, 0.05) is 27.8 Å². The molecule has 1 aromatic carbocycles. The Morgan fingerprint density at radius 1 is 1.37 bits per heavy atom. The van der Waals surface area contributed by atoms with Crippen LogP contribution in [0.1, 0.15) is 22.9 Å². The summed E-state index contributed by atoms with van der Waals surface area (Å²) in [7, 11) is 0. The van der Waals surface area contributed by atoms with Crippen molar-refractivity contribution in [1.82, 2.24) is 10.4 Å². The van der Waals surface area contributed by atoms with E-state index in [-0.39, 0.29) is 6.04 Å². The number of aryl methyl sites for hydroxylation is 1. The van der Waals surface area contributed by atoms with Crippen molar-refractivity contribution in [3.8, 4) is 0 Å². The number of nitrogens with zero attached hydrogens (tertiary/aromatic N) is 1. The van der Waals surface area contributed by atoms with Crippen LogP contribution in [-0.4, -0.2) is 4.98 Å². The average molecular weight is 341 g/mol. The smallest absolute Gasteiger partial charge is 0.0517 e. The molecule has 3 N–H and O–H groups in total. The van der Waals surface area contributed by atoms with Crippen LogP contribution in [0.2, 0.25) is 5.02 Å². The predicted octanol–water partition coefficient (Wildman–Crippen LogP) is 3.55. The van der Waals surface area contributed by atoms with Crippen LogP contribution in [0, 0.1) is 6.92 Å². The van der Waals surface area contributed by atoms with E-state index in [1.807, 2.05) is 37.3 Å². The van der Waals surface area contributed by atoms with Gasteiger partial charge in [-0.05, 0) is 58.2 Å². The van der Waals surface area contributed by atoms with Gasteiger partial charge in [-0.3, -0.25) is 16.3 Å². The summed E-state index contributed by atoms with van der Waals surface area (Å²) in [6.45, 7) is 2.03. The van der Waals surface area contributed by atoms with E-state index in [4.69, 9.17) is 17.4 Å². The molecule has 0 spiro atoms. The molecule has 1 aromatic heterocycles. The summed E-state index contributed by atoms with van der Waals surface area (Å²) in [5.74, 6) is 5.67. The fourth-order valence-corrected chi connectivity index (χ4v) is 2.49. The molecule has 0 aliphatic rings. The normalized spacial score (nSPS) is 12.4. The maximum atomic E-state index is 5.97. The zero-order chi connectivity index (χ0) is 13.8. The molecular formula is C14H15BrClN3. The predicted molar refractivity (Wildman–Crippen MR) is 81.9 cm³/mol. The van der Waals surface area contributed by atoms with Crippen LogP contribution >= 0.6 is 27.5 Å². The number of aromatic nitrogens is 1. The summed E-state index contributed by atoms with van der Waals surface area (Å²) in [4.78, 5) is 4.37. The van der Waals surface area contributed by atoms with Gasteiger partial charge in [0.2, 0.25) is 0 Å². The second-order valence-electron chi connectivity index (χ2n) is 4.39. The fourth-order valence-electron chi connectivity index (χ4n) is 2.03. The fraction of sp³-hybridized carbons (Fsp3) is 0.214. The summed E-state index contributed by atoms with van der Waals surface area (Å²) in [5, 5.41) is 0.735. The number of hydrogen-bond donors (Lipinski definition) is 2. The number of halogens is 2. The number of hydrogen-bond acceptors (Lipinski definition) is 3. The number of nitrogens with two attached hydrogens (primary N) is 1. The average Bonchev–Trinajstić information content (AvgIpc) is 2.39. The summed E-state index contributed by atoms with van der Waals surface area (Å²) in [6, 6.07) is 9.80. The van der Waals surface area contributed by atoms with Crippen LogP contribution < -0.4 is 11.3 Å². The molecule has 1 heterocycles. The molecule has 3 nitrogen and oxygen atoms in total. The highest BCUT2D eigenvalue weighted by molar-refractivity contribution is 9.10. The van der Waals surface area contributed by atoms with Crippen molar-refractivity contribution in [3.63, 3.8) is 0 Å². The lowest BCUT2D eigenvalue weighted by molar-refractivity contribution is 0.543. The first-order valence-corrected chi connectivity index (χ1v) is 7.10. The largest absolute Gasteiger partial charge is 0.271 e. The first-order chi connectivity index (χ1) is 9.10. The molecule has 2 rings (SSSR count). The Labute approximate surface area is 126 Å². The third kappa shape index (κ3) is 3.76. The molecule has 100 valence electrons. The van der Waals surface area contributed by atoms with Crippen LogP contribution in [0.3, 0.4) is 0 Å². The van der Waals surface area contributed by atoms with E-state index in [0.29, 0.717) is 0 Å². The van der Waals surface area contributed by atoms with E-state index in [9.17, 15) is 0 Å². The van der Waals surface area contributed by atoms with E-state index < -0.39 is 0 Å². The Kier molecular flexibility index (Phi) is 4.93. The van der Waals surface area contributed by atoms with E-state index in [1.54, 1.807) is 6.20 Å². The van der Waals surface area contributed by atoms with Crippen molar-refractivity contribution < 1.29 is 0 Å². The zero-order valence-corrected chi connectivity index (χ0v) is 12.9. The molecule has 2 aromatic rings. The minimum Gasteiger partial charge on any atom is -0.271 e. The molecule has 5 heteroatoms. The van der Waals surface area contributed by atoms with E-state index >= 15 is 0 Å². The van der Waals surface area contributed by atoms with Gasteiger partial charge in [-0.2, -0.15) is 0 Å². The monoisotopic (exact) mass is 339 g/mol. The lowest BCUT2D eigenvalue weighted by atomic mass is 9.98. The van der Waals surface area contributed by atoms with Gasteiger partial charge in [-0.25, -0.2) is 0 Å². The molecule has 1 atom stereocenters. The summed E-state index contributed by atoms with van der Waals surface area (Å²) in [6.07, 6.45) is 2.52. The van der Waals surface area contributed by atoms with Gasteiger partial charge in [0.1, 0.15) is 0 Å². The number of hydrazine groups is 1. The zero-order valence-electron chi connectivity index (χ0n) is 10.5. The number of rotatable bonds is 4. The SMILES string of the molecule is Cc1cc(Cl)ccc1C(Cc1ccc(Br)cn1)NN. The molecule has 0 amide bonds. The van der Waals surface area contributed by atoms with Gasteiger partial charge in [0.05, 0.1) is 6.04 Å². The van der Waals surface area contributed by atoms with Crippen molar-refractivity contribution in [2.45, 2.75) is 19.4 Å². The van der Waals surface area contributed by atoms with Crippen molar-refractivity contribution in [2.24, 2.45) is 5.84 Å². The third-order valence-corrected chi connectivity index (χ3v) is 3.71. The van der Waals surface area contributed by atoms with Crippen LogP contribution in [0.25, 0.3) is 0 Å². The van der Waals surface area contributed by atoms with E-state index in [2.05, 4.69) is 26.3 Å². The van der Waals surface area contributed by atoms with Crippen LogP contribution in [0.4, 0.5) is 0 Å². The molecule has 19 heavy (non-hydrogen) atoms. The van der Waals surface area contributed by atoms with Crippen molar-refractivity contribution in [3.05, 3.63) is 62.8 Å². The lowest BCUT2D eigenvalue weighted by Crippen LogP contribution is -2.30. The quantitative estimate of drug-likeness (QED) is 0.661. The second kappa shape index (κ2) is 6.48. The molecule has 0 radical (unpaired) electrons. The van der Waals surface area contributed by atoms with Gasteiger partial charge >= 0.3 is 0 Å². The van der Waals surface area contributed by atoms with Crippen LogP contribution in [0.15, 0.2) is 41.0 Å². The number of nitrogens with one attached hydrogen (secondary N) is 1. The third-order valence-electron chi connectivity index (χ3n) is 3.01. The highest BCUT2D eigenvalue weighted by atomic mass is 79.9. The molecular weight excluding hydrogens is 326 g/mol. The second-order valence-corrected chi connectivity index (χ2v) is 5.74. The molecule has 0 bridgehead atoms. The Morgan fingerprint density at radius 2 is 2.16 bits per heavy atom. The Hall–Kier alpha value is -0.940. The Balaban J connectivity index is 2.22. The van der Waals surface area contributed by atoms with Gasteiger partial charge in [-0.1, -0.05) is 17.7 Å². The molecule has 0 aliphatic heterocycles. The molecule has 0 saturated carbocycles. The maximum Gasteiger partial charge on any atom is 0.0517 e. The molecule has 0 saturated heterocycles. The van der Waals surface area contributed by atoms with Gasteiger partial charge in [-0.15, -0.1) is 0 Å². The Bertz CT molecular complexity index is 557. The Morgan fingerprint density at radius 3 is 2.74 bits per heavy atom. The van der Waals surface area contributed by atoms with Crippen molar-refractivity contribution in [2.75, 3.05) is 0 Å². The van der Waals surface area contributed by atoms with Gasteiger partial charge < -0.3 is 0 Å². The lowest BCUT2D eigenvalue weighted by Gasteiger charge is -2.18. The highest BCUT2D eigenvalue weighted by Gasteiger charge is 2.13. The van der Waals surface area contributed by atoms with Crippen LogP contribution in [0.5, 0.6) is 0 Å². The molecule has 0 aliphatic carbocycles. The maximum absolute atomic E-state index is 5.97. The minimum absolute atomic E-state index is 0.0194. The minimum atomic E-state index is 0.0194. The molecule has 1 unspecified atom stereocenters. The number of pyridine rings is 1. The van der Waals surface area contributed by atoms with E-state index in [0.717, 1.165) is 32.7 Å². The topological polar surface area (TPSA) is 50.9 Å². The van der Waals surface area contributed by atoms with Crippen molar-refractivity contribution >= 4 is 27.5 Å². The molecule has 0 fully saturated rings. The van der Waals surface area contributed by atoms with Crippen LogP contribution in [-0.2, 0) is 6.42 Å². The summed E-state index contributed by atoms with van der Waals surface area (Å²) < 4.78 is 0.969. The number of benzene rings is 1. The van der Waals surface area contributed by atoms with Gasteiger partial charge in [0.15, 0.2) is 0 Å². The van der Waals surface area contributed by atoms with Crippen molar-refractivity contribution in [1.29, 1.82) is 0 Å². The van der Waals surface area contributed by atoms with Gasteiger partial charge in [0.25, 0.3) is 0 Å². The summed E-state index contributed by atoms with van der Waals surface area (Å²) in [5.41, 5.74) is 6.09. The standard InChI is InChI=1S/C14H15BrClN3/c1-9-6-11(16)3-5-13(9)14(19-17)7-12-4-2-10(15)8-18-12/h2-6,8,14,19H,7,17H2,1H3. The first kappa shape index (κ1) is 14.5. The first-order valence-electron chi connectivity index (χ1n) is 5.92. The van der Waals surface area contributed by atoms with E-state index in [1.165, 1.54) is 0 Å². The summed E-state index contributed by atoms with van der Waals surface area (Å²) >= 11 is 9.35. The highest BCUT2D eigenvalue weighted by Crippen LogP contribution is 2.23.